The Hall–Kier alpha value is 1.41. The molecule has 0 radical (unpaired) electrons. The molecule has 0 saturated heterocycles. The zero-order valence-electron chi connectivity index (χ0n) is 9.19. The monoisotopic (exact) mass is 254 g/mol. The van der Waals surface area contributed by atoms with Crippen LogP contribution in [0.25, 0.3) is 0 Å². The Labute approximate surface area is 136 Å². The Kier molecular flexibility index (Phi) is 35.0. The number of hydrogen-bond donors (Lipinski definition) is 0. The minimum absolute atomic E-state index is 0. The van der Waals surface area contributed by atoms with Crippen molar-refractivity contribution in [3.05, 3.63) is 0 Å². The van der Waals surface area contributed by atoms with Gasteiger partial charge in [-0.1, -0.05) is 6.42 Å². The fourth-order valence-corrected chi connectivity index (χ4v) is 0.946. The molecule has 0 N–H and O–H groups in total. The van der Waals surface area contributed by atoms with Crippen LogP contribution in [-0.2, 0) is 21.0 Å². The van der Waals surface area contributed by atoms with Crippen LogP contribution in [0, 0.1) is 0 Å². The van der Waals surface area contributed by atoms with Gasteiger partial charge in [0, 0.05) is 12.8 Å². The molecule has 8 heteroatoms. The van der Waals surface area contributed by atoms with Gasteiger partial charge in [0.05, 0.1) is 0 Å². The molecular weight excluding hydrogens is 242 g/mol. The van der Waals surface area contributed by atoms with Crippen molar-refractivity contribution in [2.45, 2.75) is 32.1 Å². The summed E-state index contributed by atoms with van der Waals surface area (Å²) in [7, 11) is 0. The van der Waals surface area contributed by atoms with Crippen molar-refractivity contribution >= 4 is 23.9 Å². The van der Waals surface area contributed by atoms with E-state index in [1.165, 1.54) is 6.42 Å². The number of carbonyl (C=O) groups excluding carboxylic acids is 2. The van der Waals surface area contributed by atoms with Gasteiger partial charge in [-0.15, -0.1) is 11.4 Å². The summed E-state index contributed by atoms with van der Waals surface area (Å²) in [5.74, 6) is 0.464. The van der Waals surface area contributed by atoms with Gasteiger partial charge in [-0.05, 0) is 12.8 Å². The summed E-state index contributed by atoms with van der Waals surface area (Å²) in [6, 6.07) is 0. The Morgan fingerprint density at radius 1 is 1.00 bits per heavy atom. The molecule has 0 bridgehead atoms. The van der Waals surface area contributed by atoms with Crippen LogP contribution in [0.4, 0.5) is 0 Å². The molecule has 0 heterocycles. The van der Waals surface area contributed by atoms with Crippen molar-refractivity contribution in [3.8, 4) is 0 Å². The van der Waals surface area contributed by atoms with E-state index in [0.29, 0.717) is 5.78 Å². The van der Waals surface area contributed by atoms with Gasteiger partial charge in [-0.25, -0.2) is 0 Å². The van der Waals surface area contributed by atoms with Crippen molar-refractivity contribution in [2.75, 3.05) is 0 Å². The van der Waals surface area contributed by atoms with Gasteiger partial charge in [0.1, 0.15) is 12.6 Å². The number of Topliss-reactive ketones (excluding diaryl/α,β-unsaturated/α-hetero) is 1. The SMILES string of the molecule is C=O.O=C1CCCCC1.O=S([O-])[O-].[Na+].[Na+]. The van der Waals surface area contributed by atoms with Crippen molar-refractivity contribution in [3.63, 3.8) is 0 Å². The zero-order valence-corrected chi connectivity index (χ0v) is 14.0. The fourth-order valence-electron chi connectivity index (χ4n) is 0.946. The van der Waals surface area contributed by atoms with Gasteiger partial charge in [-0.3, -0.25) is 9.00 Å². The number of rotatable bonds is 0. The van der Waals surface area contributed by atoms with Crippen LogP contribution in [0.15, 0.2) is 0 Å². The van der Waals surface area contributed by atoms with E-state index < -0.39 is 11.4 Å². The summed E-state index contributed by atoms with van der Waals surface area (Å²) >= 11 is -3.11. The van der Waals surface area contributed by atoms with E-state index in [-0.39, 0.29) is 59.1 Å². The van der Waals surface area contributed by atoms with E-state index >= 15 is 0 Å². The van der Waals surface area contributed by atoms with Crippen molar-refractivity contribution in [2.24, 2.45) is 0 Å². The first-order chi connectivity index (χ1) is 6.13. The number of ketones is 1. The summed E-state index contributed by atoms with van der Waals surface area (Å²) in [6.07, 6.45) is 5.24. The molecule has 15 heavy (non-hydrogen) atoms. The topological polar surface area (TPSA) is 97.3 Å². The van der Waals surface area contributed by atoms with Crippen LogP contribution in [0.5, 0.6) is 0 Å². The van der Waals surface area contributed by atoms with Crippen LogP contribution in [-0.4, -0.2) is 25.9 Å². The predicted molar refractivity (Wildman–Crippen MR) is 44.9 cm³/mol. The molecule has 1 fully saturated rings. The van der Waals surface area contributed by atoms with Gasteiger partial charge in [0.15, 0.2) is 0 Å². The van der Waals surface area contributed by atoms with E-state index in [2.05, 4.69) is 0 Å². The van der Waals surface area contributed by atoms with Gasteiger partial charge in [0.2, 0.25) is 0 Å². The average molecular weight is 254 g/mol. The van der Waals surface area contributed by atoms with Gasteiger partial charge >= 0.3 is 59.1 Å². The first kappa shape index (κ1) is 25.3. The Morgan fingerprint density at radius 3 is 1.40 bits per heavy atom. The Bertz CT molecular complexity index is 155. The van der Waals surface area contributed by atoms with Crippen molar-refractivity contribution in [1.29, 1.82) is 0 Å². The second-order valence-electron chi connectivity index (χ2n) is 2.30. The zero-order chi connectivity index (χ0) is 10.7. The molecule has 5 nitrogen and oxygen atoms in total. The van der Waals surface area contributed by atoms with Gasteiger partial charge in [-0.2, -0.15) is 0 Å². The average Bonchev–Trinajstić information content (AvgIpc) is 2.08. The van der Waals surface area contributed by atoms with Gasteiger partial charge in [0.25, 0.3) is 0 Å². The van der Waals surface area contributed by atoms with E-state index in [1.807, 2.05) is 6.79 Å². The summed E-state index contributed by atoms with van der Waals surface area (Å²) in [6.45, 7) is 2.00. The Morgan fingerprint density at radius 2 is 1.27 bits per heavy atom. The van der Waals surface area contributed by atoms with Crippen LogP contribution in [0.1, 0.15) is 32.1 Å². The predicted octanol–water partition coefficient (Wildman–Crippen LogP) is -5.66. The molecule has 0 aromatic heterocycles. The van der Waals surface area contributed by atoms with E-state index in [9.17, 15) is 4.79 Å². The normalized spacial score (nSPS) is 13.1. The molecule has 1 rings (SSSR count). The van der Waals surface area contributed by atoms with Crippen LogP contribution in [0.2, 0.25) is 0 Å². The number of hydrogen-bond acceptors (Lipinski definition) is 5. The smallest absolute Gasteiger partial charge is 0.784 e. The molecule has 0 aromatic carbocycles. The van der Waals surface area contributed by atoms with Crippen molar-refractivity contribution < 1.29 is 82.0 Å². The third kappa shape index (κ3) is 31.3. The molecular formula is C7H12Na2O5S. The molecule has 0 aliphatic heterocycles. The molecule has 0 amide bonds. The quantitative estimate of drug-likeness (QED) is 0.317. The molecule has 0 aromatic rings. The van der Waals surface area contributed by atoms with Crippen LogP contribution >= 0.6 is 0 Å². The van der Waals surface area contributed by atoms with Gasteiger partial charge < -0.3 is 13.9 Å². The standard InChI is InChI=1S/C6H10O.CH2O.2Na.H2O3S/c7-6-4-2-1-3-5-6;1-2;;;1-4(2)3/h1-5H2;1H2;;;(H2,1,2,3)/q;;2*+1;/p-2. The van der Waals surface area contributed by atoms with Crippen molar-refractivity contribution in [1.82, 2.24) is 0 Å². The maximum Gasteiger partial charge on any atom is 1.00 e. The largest absolute Gasteiger partial charge is 1.00 e. The third-order valence-corrected chi connectivity index (χ3v) is 1.41. The maximum absolute atomic E-state index is 10.5. The van der Waals surface area contributed by atoms with E-state index in [1.54, 1.807) is 0 Å². The van der Waals surface area contributed by atoms with E-state index in [4.69, 9.17) is 18.1 Å². The summed E-state index contributed by atoms with van der Waals surface area (Å²) in [5.41, 5.74) is 0. The summed E-state index contributed by atoms with van der Waals surface area (Å²) in [5, 5.41) is 0. The second-order valence-corrected chi connectivity index (χ2v) is 2.71. The van der Waals surface area contributed by atoms with Crippen LogP contribution in [0.3, 0.4) is 0 Å². The minimum atomic E-state index is -3.11. The molecule has 0 spiro atoms. The Balaban J connectivity index is -0.0000000674. The summed E-state index contributed by atoms with van der Waals surface area (Å²) < 4.78 is 25.3. The molecule has 1 saturated carbocycles. The molecule has 0 unspecified atom stereocenters. The van der Waals surface area contributed by atoms with Crippen LogP contribution < -0.4 is 59.1 Å². The molecule has 1 aliphatic carbocycles. The first-order valence-corrected chi connectivity index (χ1v) is 4.70. The fraction of sp³-hybridized carbons (Fsp3) is 0.714. The minimum Gasteiger partial charge on any atom is -0.784 e. The summed E-state index contributed by atoms with van der Waals surface area (Å²) in [4.78, 5) is 18.5. The number of carbonyl (C=O) groups is 2. The van der Waals surface area contributed by atoms with E-state index in [0.717, 1.165) is 25.7 Å². The molecule has 0 atom stereocenters. The first-order valence-electron chi connectivity index (χ1n) is 3.70. The third-order valence-electron chi connectivity index (χ3n) is 1.41. The molecule has 78 valence electrons. The molecule has 1 aliphatic rings. The second kappa shape index (κ2) is 20.8. The maximum atomic E-state index is 10.5.